The van der Waals surface area contributed by atoms with Crippen LogP contribution in [0.1, 0.15) is 48.5 Å². The maximum atomic E-state index is 5.70. The number of aryl methyl sites for hydroxylation is 1. The van der Waals surface area contributed by atoms with E-state index in [1.165, 1.54) is 41.9 Å². The van der Waals surface area contributed by atoms with Crippen LogP contribution in [0.25, 0.3) is 10.2 Å². The summed E-state index contributed by atoms with van der Waals surface area (Å²) in [4.78, 5) is 6.47. The van der Waals surface area contributed by atoms with Crippen LogP contribution in [-0.4, -0.2) is 32.4 Å². The standard InChI is InChI=1S/C19H23N5S2/c1-13-21-23(19(25)24(13)15-8-9-15)12-22-10-4-5-14(11-22)18-20-16-6-2-3-7-17(16)26-18/h2-3,6-7,14-15H,4-5,8-12H2,1H3/p+1/t14-/m1/s1. The Hall–Kier alpha value is -1.57. The second-order valence-corrected chi connectivity index (χ2v) is 9.08. The van der Waals surface area contributed by atoms with Crippen molar-refractivity contribution in [3.63, 3.8) is 0 Å². The molecule has 3 aromatic rings. The Morgan fingerprint density at radius 3 is 2.92 bits per heavy atom. The average molecular weight is 387 g/mol. The van der Waals surface area contributed by atoms with Crippen molar-refractivity contribution in [2.24, 2.45) is 0 Å². The Morgan fingerprint density at radius 1 is 1.27 bits per heavy atom. The van der Waals surface area contributed by atoms with Crippen molar-refractivity contribution in [3.8, 4) is 0 Å². The van der Waals surface area contributed by atoms with E-state index in [1.807, 2.05) is 11.3 Å². The normalized spacial score (nSPS) is 23.6. The molecule has 5 rings (SSSR count). The zero-order valence-corrected chi connectivity index (χ0v) is 16.7. The molecule has 1 saturated heterocycles. The van der Waals surface area contributed by atoms with Gasteiger partial charge in [0.15, 0.2) is 6.67 Å². The van der Waals surface area contributed by atoms with Crippen molar-refractivity contribution in [3.05, 3.63) is 39.9 Å². The van der Waals surface area contributed by atoms with Gasteiger partial charge in [0, 0.05) is 6.04 Å². The van der Waals surface area contributed by atoms with Crippen LogP contribution in [0.2, 0.25) is 0 Å². The van der Waals surface area contributed by atoms with E-state index in [-0.39, 0.29) is 0 Å². The van der Waals surface area contributed by atoms with E-state index >= 15 is 0 Å². The second kappa shape index (κ2) is 6.55. The summed E-state index contributed by atoms with van der Waals surface area (Å²) in [5, 5.41) is 6.04. The third-order valence-electron chi connectivity index (χ3n) is 5.60. The molecule has 1 unspecified atom stereocenters. The highest BCUT2D eigenvalue weighted by molar-refractivity contribution is 7.71. The monoisotopic (exact) mass is 386 g/mol. The van der Waals surface area contributed by atoms with Crippen LogP contribution in [0.4, 0.5) is 0 Å². The number of nitrogens with one attached hydrogen (secondary N) is 1. The van der Waals surface area contributed by atoms with Gasteiger partial charge in [-0.25, -0.2) is 4.98 Å². The third kappa shape index (κ3) is 3.02. The molecule has 1 aliphatic carbocycles. The Kier molecular flexibility index (Phi) is 4.18. The van der Waals surface area contributed by atoms with Crippen molar-refractivity contribution < 1.29 is 4.90 Å². The van der Waals surface area contributed by atoms with Crippen molar-refractivity contribution in [2.75, 3.05) is 13.1 Å². The van der Waals surface area contributed by atoms with Gasteiger partial charge < -0.3 is 9.47 Å². The summed E-state index contributed by atoms with van der Waals surface area (Å²) in [6.07, 6.45) is 4.98. The first-order valence-electron chi connectivity index (χ1n) is 9.54. The average Bonchev–Trinajstić information content (AvgIpc) is 3.31. The Labute approximate surface area is 162 Å². The highest BCUT2D eigenvalue weighted by Gasteiger charge is 2.30. The predicted molar refractivity (Wildman–Crippen MR) is 106 cm³/mol. The lowest BCUT2D eigenvalue weighted by molar-refractivity contribution is -0.929. The van der Waals surface area contributed by atoms with Crippen molar-refractivity contribution >= 4 is 33.8 Å². The molecular formula is C19H24N5S2+. The molecule has 2 aliphatic rings. The predicted octanol–water partition coefficient (Wildman–Crippen LogP) is 3.09. The van der Waals surface area contributed by atoms with Crippen molar-refractivity contribution in [2.45, 2.75) is 51.2 Å². The minimum Gasteiger partial charge on any atom is -0.316 e. The highest BCUT2D eigenvalue weighted by Crippen LogP contribution is 2.36. The second-order valence-electron chi connectivity index (χ2n) is 7.65. The molecule has 26 heavy (non-hydrogen) atoms. The van der Waals surface area contributed by atoms with Gasteiger partial charge in [-0.3, -0.25) is 0 Å². The molecule has 1 saturated carbocycles. The van der Waals surface area contributed by atoms with E-state index in [0.29, 0.717) is 12.0 Å². The van der Waals surface area contributed by atoms with Gasteiger partial charge in [-0.05, 0) is 57.0 Å². The van der Waals surface area contributed by atoms with Gasteiger partial charge in [-0.2, -0.15) is 9.78 Å². The Morgan fingerprint density at radius 2 is 2.12 bits per heavy atom. The number of hydrogen-bond acceptors (Lipinski definition) is 4. The largest absolute Gasteiger partial charge is 0.316 e. The number of quaternary nitrogens is 1. The van der Waals surface area contributed by atoms with Crippen LogP contribution >= 0.6 is 23.6 Å². The number of thiazole rings is 1. The van der Waals surface area contributed by atoms with Gasteiger partial charge in [0.1, 0.15) is 10.8 Å². The van der Waals surface area contributed by atoms with E-state index in [1.54, 1.807) is 4.90 Å². The lowest BCUT2D eigenvalue weighted by Gasteiger charge is -2.28. The summed E-state index contributed by atoms with van der Waals surface area (Å²) >= 11 is 7.57. The maximum absolute atomic E-state index is 5.70. The number of rotatable bonds is 4. The summed E-state index contributed by atoms with van der Waals surface area (Å²) in [6, 6.07) is 9.07. The highest BCUT2D eigenvalue weighted by atomic mass is 32.1. The molecule has 7 heteroatoms. The van der Waals surface area contributed by atoms with E-state index < -0.39 is 0 Å². The zero-order chi connectivity index (χ0) is 17.7. The number of piperidine rings is 1. The van der Waals surface area contributed by atoms with Gasteiger partial charge in [0.2, 0.25) is 4.77 Å². The number of para-hydroxylation sites is 1. The minimum absolute atomic E-state index is 0.553. The van der Waals surface area contributed by atoms with Gasteiger partial charge in [0.05, 0.1) is 29.2 Å². The molecule has 1 aromatic carbocycles. The van der Waals surface area contributed by atoms with E-state index in [0.717, 1.165) is 29.3 Å². The number of fused-ring (bicyclic) bond motifs is 1. The molecule has 136 valence electrons. The molecule has 2 atom stereocenters. The Balaban J connectivity index is 1.34. The number of aromatic nitrogens is 4. The summed E-state index contributed by atoms with van der Waals surface area (Å²) in [6.45, 7) is 5.27. The number of likely N-dealkylation sites (tertiary alicyclic amines) is 1. The van der Waals surface area contributed by atoms with Crippen LogP contribution in [-0.2, 0) is 6.67 Å². The first-order valence-corrected chi connectivity index (χ1v) is 10.8. The minimum atomic E-state index is 0.553. The van der Waals surface area contributed by atoms with Crippen molar-refractivity contribution in [1.82, 2.24) is 19.3 Å². The summed E-state index contributed by atoms with van der Waals surface area (Å²) in [5.41, 5.74) is 1.14. The Bertz CT molecular complexity index is 964. The molecular weight excluding hydrogens is 362 g/mol. The molecule has 1 N–H and O–H groups in total. The molecule has 2 aromatic heterocycles. The van der Waals surface area contributed by atoms with E-state index in [4.69, 9.17) is 22.3 Å². The fourth-order valence-electron chi connectivity index (χ4n) is 4.17. The summed E-state index contributed by atoms with van der Waals surface area (Å²) < 4.78 is 6.51. The molecule has 1 aliphatic heterocycles. The van der Waals surface area contributed by atoms with Crippen molar-refractivity contribution in [1.29, 1.82) is 0 Å². The number of hydrogen-bond donors (Lipinski definition) is 1. The zero-order valence-electron chi connectivity index (χ0n) is 15.0. The first-order chi connectivity index (χ1) is 12.7. The molecule has 5 nitrogen and oxygen atoms in total. The number of benzene rings is 1. The third-order valence-corrected chi connectivity index (χ3v) is 7.21. The lowest BCUT2D eigenvalue weighted by Crippen LogP contribution is -3.12. The lowest BCUT2D eigenvalue weighted by atomic mass is 9.99. The quantitative estimate of drug-likeness (QED) is 0.701. The van der Waals surface area contributed by atoms with Gasteiger partial charge in [-0.15, -0.1) is 11.3 Å². The van der Waals surface area contributed by atoms with E-state index in [2.05, 4.69) is 40.4 Å². The molecule has 0 bridgehead atoms. The molecule has 3 heterocycles. The summed E-state index contributed by atoms with van der Waals surface area (Å²) in [7, 11) is 0. The number of nitrogens with zero attached hydrogens (tertiary/aromatic N) is 4. The van der Waals surface area contributed by atoms with Gasteiger partial charge in [-0.1, -0.05) is 12.1 Å². The van der Waals surface area contributed by atoms with Gasteiger partial charge >= 0.3 is 0 Å². The van der Waals surface area contributed by atoms with Gasteiger partial charge in [0.25, 0.3) is 0 Å². The van der Waals surface area contributed by atoms with Crippen LogP contribution in [0.5, 0.6) is 0 Å². The first kappa shape index (κ1) is 16.6. The molecule has 0 radical (unpaired) electrons. The fraction of sp³-hybridized carbons (Fsp3) is 0.526. The molecule has 0 spiro atoms. The fourth-order valence-corrected chi connectivity index (χ4v) is 5.66. The SMILES string of the molecule is Cc1nn(C[NH+]2CCC[C@@H](c3nc4ccccc4s3)C2)c(=S)n1C1CC1. The molecule has 2 fully saturated rings. The summed E-state index contributed by atoms with van der Waals surface area (Å²) in [5.74, 6) is 1.62. The smallest absolute Gasteiger partial charge is 0.203 e. The van der Waals surface area contributed by atoms with Crippen LogP contribution in [0.3, 0.4) is 0 Å². The van der Waals surface area contributed by atoms with Crippen LogP contribution in [0, 0.1) is 11.7 Å². The molecule has 0 amide bonds. The van der Waals surface area contributed by atoms with E-state index in [9.17, 15) is 0 Å². The van der Waals surface area contributed by atoms with Crippen LogP contribution in [0.15, 0.2) is 24.3 Å². The van der Waals surface area contributed by atoms with Crippen LogP contribution < -0.4 is 4.90 Å². The maximum Gasteiger partial charge on any atom is 0.203 e. The topological polar surface area (TPSA) is 40.1 Å².